The zero-order valence-corrected chi connectivity index (χ0v) is 14.6. The molecule has 1 saturated heterocycles. The van der Waals surface area contributed by atoms with Gasteiger partial charge in [0, 0.05) is 12.1 Å². The van der Waals surface area contributed by atoms with Gasteiger partial charge in [0.1, 0.15) is 5.75 Å². The lowest BCUT2D eigenvalue weighted by atomic mass is 10.0. The molecule has 0 aliphatic carbocycles. The Morgan fingerprint density at radius 3 is 2.27 bits per heavy atom. The first-order valence-corrected chi connectivity index (χ1v) is 10.3. The van der Waals surface area contributed by atoms with Crippen LogP contribution in [-0.2, 0) is 19.9 Å². The first kappa shape index (κ1) is 17.2. The number of sulfonamides is 1. The predicted octanol–water partition coefficient (Wildman–Crippen LogP) is 1.28. The average molecular weight is 347 g/mol. The zero-order chi connectivity index (χ0) is 16.6. The van der Waals surface area contributed by atoms with Gasteiger partial charge in [0.05, 0.1) is 23.5 Å². The fraction of sp³-hybridized carbons (Fsp3) is 0.571. The number of benzene rings is 1. The van der Waals surface area contributed by atoms with Crippen LogP contribution in [0.4, 0.5) is 0 Å². The van der Waals surface area contributed by atoms with E-state index >= 15 is 0 Å². The first-order valence-electron chi connectivity index (χ1n) is 7.02. The van der Waals surface area contributed by atoms with Crippen LogP contribution in [0.2, 0.25) is 0 Å². The third-order valence-corrected chi connectivity index (χ3v) is 8.05. The molecule has 0 unspecified atom stereocenters. The summed E-state index contributed by atoms with van der Waals surface area (Å²) in [6.07, 6.45) is 0.318. The molecule has 6 nitrogen and oxygen atoms in total. The van der Waals surface area contributed by atoms with Gasteiger partial charge in [0.15, 0.2) is 9.84 Å². The van der Waals surface area contributed by atoms with Gasteiger partial charge in [-0.05, 0) is 37.6 Å². The molecule has 1 fully saturated rings. The second kappa shape index (κ2) is 5.82. The van der Waals surface area contributed by atoms with Gasteiger partial charge in [-0.1, -0.05) is 6.92 Å². The minimum Gasteiger partial charge on any atom is -0.497 e. The van der Waals surface area contributed by atoms with E-state index in [1.165, 1.54) is 23.5 Å². The highest BCUT2D eigenvalue weighted by Crippen LogP contribution is 2.34. The van der Waals surface area contributed by atoms with Crippen molar-refractivity contribution in [2.75, 3.05) is 25.2 Å². The number of nitrogens with zero attached hydrogens (tertiary/aromatic N) is 1. The van der Waals surface area contributed by atoms with Gasteiger partial charge in [-0.25, -0.2) is 16.8 Å². The molecule has 0 N–H and O–H groups in total. The average Bonchev–Trinajstić information content (AvgIpc) is 2.73. The first-order chi connectivity index (χ1) is 10.1. The lowest BCUT2D eigenvalue weighted by Crippen LogP contribution is -2.50. The van der Waals surface area contributed by atoms with Crippen molar-refractivity contribution in [1.29, 1.82) is 0 Å². The Morgan fingerprint density at radius 1 is 1.27 bits per heavy atom. The summed E-state index contributed by atoms with van der Waals surface area (Å²) in [6.45, 7) is 3.64. The van der Waals surface area contributed by atoms with Gasteiger partial charge in [-0.15, -0.1) is 0 Å². The third kappa shape index (κ3) is 3.13. The van der Waals surface area contributed by atoms with E-state index in [0.29, 0.717) is 12.2 Å². The molecule has 1 atom stereocenters. The van der Waals surface area contributed by atoms with Crippen molar-refractivity contribution in [3.8, 4) is 5.75 Å². The molecule has 22 heavy (non-hydrogen) atoms. The SMILES string of the molecule is CCN([C@]1(C)CCS(=O)(=O)C1)S(=O)(=O)c1ccc(OC)cc1. The summed E-state index contributed by atoms with van der Waals surface area (Å²) in [7, 11) is -5.44. The summed E-state index contributed by atoms with van der Waals surface area (Å²) in [5.74, 6) is 0.457. The molecule has 1 aliphatic rings. The highest BCUT2D eigenvalue weighted by Gasteiger charge is 2.47. The summed E-state index contributed by atoms with van der Waals surface area (Å²) < 4.78 is 55.6. The molecular formula is C14H21NO5S2. The Balaban J connectivity index is 2.41. The Bertz CT molecular complexity index is 740. The van der Waals surface area contributed by atoms with Crippen molar-refractivity contribution in [2.24, 2.45) is 0 Å². The largest absolute Gasteiger partial charge is 0.497 e. The quantitative estimate of drug-likeness (QED) is 0.801. The van der Waals surface area contributed by atoms with Gasteiger partial charge in [-0.3, -0.25) is 0 Å². The molecule has 1 aliphatic heterocycles. The van der Waals surface area contributed by atoms with E-state index in [0.717, 1.165) is 0 Å². The van der Waals surface area contributed by atoms with Crippen molar-refractivity contribution >= 4 is 19.9 Å². The van der Waals surface area contributed by atoms with E-state index in [1.807, 2.05) is 0 Å². The van der Waals surface area contributed by atoms with Gasteiger partial charge in [0.25, 0.3) is 0 Å². The van der Waals surface area contributed by atoms with Crippen LogP contribution in [0.1, 0.15) is 20.3 Å². The molecule has 1 aromatic carbocycles. The van der Waals surface area contributed by atoms with Crippen molar-refractivity contribution in [1.82, 2.24) is 4.31 Å². The number of methoxy groups -OCH3 is 1. The van der Waals surface area contributed by atoms with Crippen LogP contribution in [0.3, 0.4) is 0 Å². The van der Waals surface area contributed by atoms with Crippen LogP contribution >= 0.6 is 0 Å². The van der Waals surface area contributed by atoms with Crippen LogP contribution < -0.4 is 4.74 Å². The Labute approximate surface area is 132 Å². The predicted molar refractivity (Wildman–Crippen MR) is 84.2 cm³/mol. The van der Waals surface area contributed by atoms with Crippen molar-refractivity contribution in [3.63, 3.8) is 0 Å². The smallest absolute Gasteiger partial charge is 0.243 e. The third-order valence-electron chi connectivity index (χ3n) is 4.02. The van der Waals surface area contributed by atoms with Gasteiger partial charge >= 0.3 is 0 Å². The maximum absolute atomic E-state index is 12.9. The summed E-state index contributed by atoms with van der Waals surface area (Å²) in [6, 6.07) is 6.11. The Hall–Kier alpha value is -1.12. The van der Waals surface area contributed by atoms with Crippen LogP contribution in [0.5, 0.6) is 5.75 Å². The molecule has 0 spiro atoms. The van der Waals surface area contributed by atoms with Crippen molar-refractivity contribution < 1.29 is 21.6 Å². The lowest BCUT2D eigenvalue weighted by molar-refractivity contribution is 0.243. The van der Waals surface area contributed by atoms with Gasteiger partial charge in [0.2, 0.25) is 10.0 Å². The molecule has 0 amide bonds. The normalized spacial score (nSPS) is 24.5. The summed E-state index contributed by atoms with van der Waals surface area (Å²) in [5.41, 5.74) is -0.896. The highest BCUT2D eigenvalue weighted by molar-refractivity contribution is 7.92. The molecule has 8 heteroatoms. The molecular weight excluding hydrogens is 326 g/mol. The molecule has 0 saturated carbocycles. The van der Waals surface area contributed by atoms with E-state index in [2.05, 4.69) is 0 Å². The highest BCUT2D eigenvalue weighted by atomic mass is 32.2. The summed E-state index contributed by atoms with van der Waals surface area (Å²) in [5, 5.41) is 0. The number of hydrogen-bond donors (Lipinski definition) is 0. The van der Waals surface area contributed by atoms with Crippen LogP contribution in [0.25, 0.3) is 0 Å². The van der Waals surface area contributed by atoms with E-state index < -0.39 is 25.4 Å². The molecule has 0 bridgehead atoms. The summed E-state index contributed by atoms with van der Waals surface area (Å²) >= 11 is 0. The van der Waals surface area contributed by atoms with Crippen LogP contribution in [0, 0.1) is 0 Å². The van der Waals surface area contributed by atoms with E-state index in [-0.39, 0.29) is 22.9 Å². The Kier molecular flexibility index (Phi) is 4.56. The fourth-order valence-corrected chi connectivity index (χ4v) is 6.94. The van der Waals surface area contributed by atoms with E-state index in [1.54, 1.807) is 26.0 Å². The zero-order valence-electron chi connectivity index (χ0n) is 12.9. The number of ether oxygens (including phenoxy) is 1. The fourth-order valence-electron chi connectivity index (χ4n) is 2.91. The van der Waals surface area contributed by atoms with Crippen LogP contribution in [0.15, 0.2) is 29.2 Å². The van der Waals surface area contributed by atoms with Crippen molar-refractivity contribution in [3.05, 3.63) is 24.3 Å². The maximum atomic E-state index is 12.9. The van der Waals surface area contributed by atoms with Crippen LogP contribution in [-0.4, -0.2) is 51.8 Å². The lowest BCUT2D eigenvalue weighted by Gasteiger charge is -2.35. The number of hydrogen-bond acceptors (Lipinski definition) is 5. The molecule has 0 aromatic heterocycles. The topological polar surface area (TPSA) is 80.8 Å². The maximum Gasteiger partial charge on any atom is 0.243 e. The molecule has 1 aromatic rings. The molecule has 0 radical (unpaired) electrons. The minimum absolute atomic E-state index is 0.0259. The minimum atomic E-state index is -3.75. The number of sulfone groups is 1. The van der Waals surface area contributed by atoms with Gasteiger partial charge in [-0.2, -0.15) is 4.31 Å². The van der Waals surface area contributed by atoms with Gasteiger partial charge < -0.3 is 4.74 Å². The standard InChI is InChI=1S/C14H21NO5S2/c1-4-15(14(2)9-10-21(16,17)11-14)22(18,19)13-7-5-12(20-3)6-8-13/h5-8H,4,9-11H2,1-3H3/t14-/m1/s1. The summed E-state index contributed by atoms with van der Waals surface area (Å²) in [4.78, 5) is 0.140. The monoisotopic (exact) mass is 347 g/mol. The van der Waals surface area contributed by atoms with E-state index in [4.69, 9.17) is 4.74 Å². The number of rotatable bonds is 5. The molecule has 1 heterocycles. The molecule has 124 valence electrons. The molecule has 2 rings (SSSR count). The second-order valence-corrected chi connectivity index (χ2v) is 9.73. The van der Waals surface area contributed by atoms with E-state index in [9.17, 15) is 16.8 Å². The van der Waals surface area contributed by atoms with Crippen molar-refractivity contribution in [2.45, 2.75) is 30.7 Å². The second-order valence-electron chi connectivity index (χ2n) is 5.68. The Morgan fingerprint density at radius 2 is 1.86 bits per heavy atom.